The lowest BCUT2D eigenvalue weighted by Gasteiger charge is -2.22. The summed E-state index contributed by atoms with van der Waals surface area (Å²) in [5.41, 5.74) is -1.21. The summed E-state index contributed by atoms with van der Waals surface area (Å²) in [6, 6.07) is 1.41. The lowest BCUT2D eigenvalue weighted by Crippen LogP contribution is -2.42. The van der Waals surface area contributed by atoms with Gasteiger partial charge in [0.05, 0.1) is 36.2 Å². The number of hydrogen-bond acceptors (Lipinski definition) is 8. The van der Waals surface area contributed by atoms with Crippen LogP contribution in [0.3, 0.4) is 0 Å². The molecule has 0 aliphatic carbocycles. The van der Waals surface area contributed by atoms with Crippen molar-refractivity contribution < 1.29 is 23.8 Å². The van der Waals surface area contributed by atoms with Gasteiger partial charge in [-0.3, -0.25) is 4.79 Å². The van der Waals surface area contributed by atoms with Gasteiger partial charge >= 0.3 is 5.97 Å². The molecule has 8 nitrogen and oxygen atoms in total. The number of ether oxygens (including phenoxy) is 1. The van der Waals surface area contributed by atoms with Crippen molar-refractivity contribution in [2.24, 2.45) is 0 Å². The maximum atomic E-state index is 13.9. The molecule has 2 rings (SSSR count). The predicted octanol–water partition coefficient (Wildman–Crippen LogP) is 2.95. The van der Waals surface area contributed by atoms with Gasteiger partial charge in [-0.05, 0) is 26.8 Å². The summed E-state index contributed by atoms with van der Waals surface area (Å²) in [5.74, 6) is -1.11. The van der Waals surface area contributed by atoms with Gasteiger partial charge in [0.15, 0.2) is 5.13 Å². The van der Waals surface area contributed by atoms with E-state index >= 15 is 0 Å². The number of carbonyl (C=O) groups excluding carboxylic acids is 2. The van der Waals surface area contributed by atoms with E-state index in [4.69, 9.17) is 16.3 Å². The largest absolute Gasteiger partial charge is 0.462 e. The second-order valence-corrected chi connectivity index (χ2v) is 7.68. The molecular weight excluding hydrogens is 411 g/mol. The number of nitrogens with one attached hydrogen (secondary N) is 2. The number of anilines is 2. The quantitative estimate of drug-likeness (QED) is 0.435. The van der Waals surface area contributed by atoms with Crippen molar-refractivity contribution in [1.29, 1.82) is 0 Å². The average molecular weight is 431 g/mol. The number of alkyl halides is 1. The Labute approximate surface area is 170 Å². The molecule has 3 N–H and O–H groups in total. The van der Waals surface area contributed by atoms with Crippen LogP contribution < -0.4 is 10.6 Å². The van der Waals surface area contributed by atoms with E-state index in [2.05, 4.69) is 20.6 Å². The van der Waals surface area contributed by atoms with Crippen LogP contribution in [0.4, 0.5) is 15.2 Å². The molecule has 0 spiro atoms. The standard InChI is InChI=1S/C17H20ClFN4O4S/c1-4-27-15(25)11-7-22-16(28-11)23-10-5-13(18)20-6-9(10)14(24)21-8-12(19)17(2,3)26/h5-7,12,26H,4,8H2,1-3H3,(H,21,24)(H,20,22,23)/t12-/m1/s1. The first kappa shape index (κ1) is 22.0. The van der Waals surface area contributed by atoms with Crippen molar-refractivity contribution in [2.75, 3.05) is 18.5 Å². The number of hydrogen-bond donors (Lipinski definition) is 3. The molecule has 0 radical (unpaired) electrons. The van der Waals surface area contributed by atoms with Crippen molar-refractivity contribution in [3.05, 3.63) is 34.1 Å². The fourth-order valence-electron chi connectivity index (χ4n) is 1.99. The summed E-state index contributed by atoms with van der Waals surface area (Å²) < 4.78 is 18.8. The number of rotatable bonds is 8. The third-order valence-corrected chi connectivity index (χ3v) is 4.65. The normalized spacial score (nSPS) is 12.4. The summed E-state index contributed by atoms with van der Waals surface area (Å²) >= 11 is 6.94. The molecule has 0 bridgehead atoms. The summed E-state index contributed by atoms with van der Waals surface area (Å²) in [5, 5.41) is 15.4. The van der Waals surface area contributed by atoms with E-state index in [1.54, 1.807) is 6.92 Å². The number of nitrogens with zero attached hydrogens (tertiary/aromatic N) is 2. The highest BCUT2D eigenvalue weighted by molar-refractivity contribution is 7.17. The minimum absolute atomic E-state index is 0.0974. The van der Waals surface area contributed by atoms with Gasteiger partial charge in [0, 0.05) is 6.20 Å². The highest BCUT2D eigenvalue weighted by Gasteiger charge is 2.27. The van der Waals surface area contributed by atoms with Gasteiger partial charge in [-0.15, -0.1) is 0 Å². The topological polar surface area (TPSA) is 113 Å². The van der Waals surface area contributed by atoms with E-state index in [1.807, 2.05) is 0 Å². The van der Waals surface area contributed by atoms with Crippen LogP contribution in [0.5, 0.6) is 0 Å². The number of pyridine rings is 1. The van der Waals surface area contributed by atoms with E-state index in [-0.39, 0.29) is 29.6 Å². The van der Waals surface area contributed by atoms with Crippen molar-refractivity contribution >= 4 is 45.6 Å². The van der Waals surface area contributed by atoms with Gasteiger partial charge in [0.2, 0.25) is 0 Å². The summed E-state index contributed by atoms with van der Waals surface area (Å²) in [6.45, 7) is 4.18. The van der Waals surface area contributed by atoms with Gasteiger partial charge in [-0.1, -0.05) is 22.9 Å². The zero-order chi connectivity index (χ0) is 20.9. The monoisotopic (exact) mass is 430 g/mol. The summed E-state index contributed by atoms with van der Waals surface area (Å²) in [4.78, 5) is 32.4. The van der Waals surface area contributed by atoms with Crippen LogP contribution in [0.25, 0.3) is 0 Å². The average Bonchev–Trinajstić information content (AvgIpc) is 3.07. The van der Waals surface area contributed by atoms with Crippen LogP contribution in [0.2, 0.25) is 5.15 Å². The molecule has 0 fully saturated rings. The van der Waals surface area contributed by atoms with Gasteiger partial charge in [-0.25, -0.2) is 19.2 Å². The van der Waals surface area contributed by atoms with E-state index in [0.717, 1.165) is 11.3 Å². The first-order chi connectivity index (χ1) is 13.1. The number of esters is 1. The van der Waals surface area contributed by atoms with E-state index in [0.29, 0.717) is 10.0 Å². The molecule has 0 aromatic carbocycles. The molecule has 0 aliphatic rings. The molecule has 0 aliphatic heterocycles. The molecular formula is C17H20ClFN4O4S. The first-order valence-electron chi connectivity index (χ1n) is 8.32. The van der Waals surface area contributed by atoms with Crippen LogP contribution >= 0.6 is 22.9 Å². The number of halogens is 2. The van der Waals surface area contributed by atoms with Crippen LogP contribution in [0.15, 0.2) is 18.5 Å². The third-order valence-electron chi connectivity index (χ3n) is 3.55. The van der Waals surface area contributed by atoms with Crippen LogP contribution in [0, 0.1) is 0 Å². The van der Waals surface area contributed by atoms with E-state index in [1.165, 1.54) is 32.3 Å². The fourth-order valence-corrected chi connectivity index (χ4v) is 2.87. The van der Waals surface area contributed by atoms with Crippen LogP contribution in [0.1, 0.15) is 40.8 Å². The molecule has 1 atom stereocenters. The zero-order valence-electron chi connectivity index (χ0n) is 15.5. The van der Waals surface area contributed by atoms with Gasteiger partial charge in [-0.2, -0.15) is 0 Å². The molecule has 28 heavy (non-hydrogen) atoms. The van der Waals surface area contributed by atoms with Gasteiger partial charge in [0.1, 0.15) is 16.2 Å². The van der Waals surface area contributed by atoms with Crippen molar-refractivity contribution in [2.45, 2.75) is 32.5 Å². The van der Waals surface area contributed by atoms with Gasteiger partial charge in [0.25, 0.3) is 5.91 Å². The lowest BCUT2D eigenvalue weighted by molar-refractivity contribution is -0.00178. The molecule has 0 unspecified atom stereocenters. The van der Waals surface area contributed by atoms with Gasteiger partial charge < -0.3 is 20.5 Å². The Morgan fingerprint density at radius 2 is 2.11 bits per heavy atom. The number of aliphatic hydroxyl groups is 1. The number of aromatic nitrogens is 2. The predicted molar refractivity (Wildman–Crippen MR) is 104 cm³/mol. The molecule has 1 amide bonds. The lowest BCUT2D eigenvalue weighted by atomic mass is 10.0. The molecule has 2 heterocycles. The Morgan fingerprint density at radius 3 is 2.75 bits per heavy atom. The Hall–Kier alpha value is -2.30. The second-order valence-electron chi connectivity index (χ2n) is 6.26. The summed E-state index contributed by atoms with van der Waals surface area (Å²) in [6.07, 6.45) is 0.932. The molecule has 0 saturated carbocycles. The number of carbonyl (C=O) groups is 2. The third kappa shape index (κ3) is 5.85. The Bertz CT molecular complexity index is 856. The zero-order valence-corrected chi connectivity index (χ0v) is 17.0. The minimum atomic E-state index is -1.65. The Balaban J connectivity index is 2.16. The van der Waals surface area contributed by atoms with Crippen LogP contribution in [-0.2, 0) is 4.74 Å². The van der Waals surface area contributed by atoms with Crippen molar-refractivity contribution in [1.82, 2.24) is 15.3 Å². The molecule has 2 aromatic heterocycles. The minimum Gasteiger partial charge on any atom is -0.462 e. The molecule has 2 aromatic rings. The Morgan fingerprint density at radius 1 is 1.39 bits per heavy atom. The van der Waals surface area contributed by atoms with E-state index in [9.17, 15) is 19.1 Å². The van der Waals surface area contributed by atoms with Crippen molar-refractivity contribution in [3.8, 4) is 0 Å². The Kier molecular flexibility index (Phi) is 7.28. The van der Waals surface area contributed by atoms with Crippen molar-refractivity contribution in [3.63, 3.8) is 0 Å². The molecule has 11 heteroatoms. The van der Waals surface area contributed by atoms with Crippen LogP contribution in [-0.4, -0.2) is 51.9 Å². The number of thiazole rings is 1. The highest BCUT2D eigenvalue weighted by atomic mass is 35.5. The fraction of sp³-hybridized carbons (Fsp3) is 0.412. The number of amides is 1. The highest BCUT2D eigenvalue weighted by Crippen LogP contribution is 2.27. The second kappa shape index (κ2) is 9.26. The molecule has 0 saturated heterocycles. The van der Waals surface area contributed by atoms with E-state index < -0.39 is 23.6 Å². The maximum Gasteiger partial charge on any atom is 0.350 e. The smallest absolute Gasteiger partial charge is 0.350 e. The maximum absolute atomic E-state index is 13.9. The first-order valence-corrected chi connectivity index (χ1v) is 9.51. The summed E-state index contributed by atoms with van der Waals surface area (Å²) in [7, 11) is 0. The molecule has 152 valence electrons. The SMILES string of the molecule is CCOC(=O)c1cnc(Nc2cc(Cl)ncc2C(=O)NC[C@@H](F)C(C)(C)O)s1.